The van der Waals surface area contributed by atoms with Crippen molar-refractivity contribution in [2.75, 3.05) is 19.6 Å². The van der Waals surface area contributed by atoms with Gasteiger partial charge in [0, 0.05) is 31.0 Å². The average Bonchev–Trinajstić information content (AvgIpc) is 3.02. The van der Waals surface area contributed by atoms with E-state index >= 15 is 0 Å². The number of carbonyl (C=O) groups excluding carboxylic acids is 1. The fourth-order valence-corrected chi connectivity index (χ4v) is 3.68. The number of hydrogen-bond acceptors (Lipinski definition) is 3. The molecule has 2 aliphatic rings. The van der Waals surface area contributed by atoms with E-state index in [4.69, 9.17) is 0 Å². The topological polar surface area (TPSA) is 49.6 Å². The SMILES string of the molecule is Cc1ccc2cnc(C(=O)N[C@@H]3C[C@@H]4CCN(C4)C3)cn12. The van der Waals surface area contributed by atoms with E-state index in [-0.39, 0.29) is 11.9 Å². The summed E-state index contributed by atoms with van der Waals surface area (Å²) in [6, 6.07) is 4.31. The van der Waals surface area contributed by atoms with Gasteiger partial charge in [0.2, 0.25) is 0 Å². The minimum absolute atomic E-state index is 0.0579. The maximum atomic E-state index is 12.4. The van der Waals surface area contributed by atoms with Crippen LogP contribution in [0.1, 0.15) is 29.0 Å². The Hall–Kier alpha value is -1.88. The molecule has 0 radical (unpaired) electrons. The van der Waals surface area contributed by atoms with Crippen molar-refractivity contribution in [3.05, 3.63) is 35.9 Å². The minimum atomic E-state index is -0.0579. The van der Waals surface area contributed by atoms with E-state index in [1.54, 1.807) is 6.20 Å². The molecule has 0 spiro atoms. The molecular weight excluding hydrogens is 264 g/mol. The summed E-state index contributed by atoms with van der Waals surface area (Å²) in [5.41, 5.74) is 2.63. The van der Waals surface area contributed by atoms with Crippen LogP contribution in [0.5, 0.6) is 0 Å². The summed E-state index contributed by atoms with van der Waals surface area (Å²) in [6.07, 6.45) is 5.97. The minimum Gasteiger partial charge on any atom is -0.347 e. The van der Waals surface area contributed by atoms with Crippen LogP contribution in [0.15, 0.2) is 24.5 Å². The van der Waals surface area contributed by atoms with Crippen molar-refractivity contribution in [2.45, 2.75) is 25.8 Å². The molecule has 3 atom stereocenters. The highest BCUT2D eigenvalue weighted by atomic mass is 16.2. The quantitative estimate of drug-likeness (QED) is 0.908. The van der Waals surface area contributed by atoms with Gasteiger partial charge in [-0.05, 0) is 44.4 Å². The number of amides is 1. The van der Waals surface area contributed by atoms with Crippen molar-refractivity contribution in [3.8, 4) is 0 Å². The molecule has 5 heteroatoms. The second-order valence-electron chi connectivity index (χ2n) is 6.36. The van der Waals surface area contributed by atoms with Crippen LogP contribution >= 0.6 is 0 Å². The van der Waals surface area contributed by atoms with Gasteiger partial charge in [0.25, 0.3) is 5.91 Å². The van der Waals surface area contributed by atoms with E-state index in [1.807, 2.05) is 29.7 Å². The Morgan fingerprint density at radius 2 is 2.29 bits per heavy atom. The zero-order valence-electron chi connectivity index (χ0n) is 12.2. The summed E-state index contributed by atoms with van der Waals surface area (Å²) in [5, 5.41) is 3.16. The number of aryl methyl sites for hydroxylation is 1. The molecule has 1 N–H and O–H groups in total. The summed E-state index contributed by atoms with van der Waals surface area (Å²) < 4.78 is 2.01. The first-order valence-electron chi connectivity index (χ1n) is 7.66. The summed E-state index contributed by atoms with van der Waals surface area (Å²) in [6.45, 7) is 5.40. The van der Waals surface area contributed by atoms with E-state index < -0.39 is 0 Å². The lowest BCUT2D eigenvalue weighted by Crippen LogP contribution is -2.47. The highest BCUT2D eigenvalue weighted by molar-refractivity contribution is 5.92. The molecule has 1 unspecified atom stereocenters. The van der Waals surface area contributed by atoms with Gasteiger partial charge in [-0.15, -0.1) is 0 Å². The van der Waals surface area contributed by atoms with Gasteiger partial charge in [0.1, 0.15) is 5.69 Å². The van der Waals surface area contributed by atoms with Crippen molar-refractivity contribution >= 4 is 11.4 Å². The molecule has 2 aliphatic heterocycles. The predicted octanol–water partition coefficient (Wildman–Crippen LogP) is 1.47. The third kappa shape index (κ3) is 2.31. The third-order valence-corrected chi connectivity index (χ3v) is 4.78. The molecule has 110 valence electrons. The number of fused-ring (bicyclic) bond motifs is 3. The number of hydrogen-bond donors (Lipinski definition) is 1. The fraction of sp³-hybridized carbons (Fsp3) is 0.500. The molecule has 2 aromatic rings. The first-order chi connectivity index (χ1) is 10.2. The van der Waals surface area contributed by atoms with Gasteiger partial charge in [0.15, 0.2) is 0 Å². The van der Waals surface area contributed by atoms with E-state index in [0.29, 0.717) is 5.69 Å². The first-order valence-corrected chi connectivity index (χ1v) is 7.66. The number of nitrogens with one attached hydrogen (secondary N) is 1. The molecule has 2 saturated heterocycles. The lowest BCUT2D eigenvalue weighted by atomic mass is 9.97. The highest BCUT2D eigenvalue weighted by Crippen LogP contribution is 2.26. The van der Waals surface area contributed by atoms with Crippen molar-refractivity contribution < 1.29 is 4.79 Å². The Bertz CT molecular complexity index is 681. The van der Waals surface area contributed by atoms with Crippen LogP contribution in [0.4, 0.5) is 0 Å². The molecule has 2 bridgehead atoms. The number of aromatic nitrogens is 2. The van der Waals surface area contributed by atoms with Gasteiger partial charge in [-0.1, -0.05) is 0 Å². The van der Waals surface area contributed by atoms with Gasteiger partial charge >= 0.3 is 0 Å². The van der Waals surface area contributed by atoms with Crippen LogP contribution in [0, 0.1) is 12.8 Å². The predicted molar refractivity (Wildman–Crippen MR) is 80.3 cm³/mol. The number of piperidine rings is 1. The molecule has 4 rings (SSSR count). The molecule has 5 nitrogen and oxygen atoms in total. The van der Waals surface area contributed by atoms with Crippen LogP contribution < -0.4 is 5.32 Å². The smallest absolute Gasteiger partial charge is 0.271 e. The number of carbonyl (C=O) groups is 1. The van der Waals surface area contributed by atoms with Crippen LogP contribution in [0.25, 0.3) is 5.52 Å². The van der Waals surface area contributed by atoms with E-state index in [2.05, 4.69) is 15.2 Å². The fourth-order valence-electron chi connectivity index (χ4n) is 3.68. The standard InChI is InChI=1S/C16H20N4O/c1-11-2-3-14-7-17-15(10-20(11)14)16(21)18-13-6-12-4-5-19(8-12)9-13/h2-3,7,10,12-13H,4-6,8-9H2,1H3,(H,18,21)/t12-,13+/m0/s1. The molecule has 2 aromatic heterocycles. The van der Waals surface area contributed by atoms with Crippen molar-refractivity contribution in [2.24, 2.45) is 5.92 Å². The molecule has 2 fully saturated rings. The van der Waals surface area contributed by atoms with Crippen LogP contribution in [-0.2, 0) is 0 Å². The molecule has 1 amide bonds. The zero-order chi connectivity index (χ0) is 14.4. The van der Waals surface area contributed by atoms with E-state index in [0.717, 1.165) is 30.1 Å². The maximum Gasteiger partial charge on any atom is 0.271 e. The van der Waals surface area contributed by atoms with Crippen molar-refractivity contribution in [1.82, 2.24) is 19.6 Å². The average molecular weight is 284 g/mol. The van der Waals surface area contributed by atoms with Crippen molar-refractivity contribution in [1.29, 1.82) is 0 Å². The molecule has 21 heavy (non-hydrogen) atoms. The Morgan fingerprint density at radius 3 is 3.14 bits per heavy atom. The largest absolute Gasteiger partial charge is 0.347 e. The lowest BCUT2D eigenvalue weighted by Gasteiger charge is -2.30. The summed E-state index contributed by atoms with van der Waals surface area (Å²) in [4.78, 5) is 19.2. The summed E-state index contributed by atoms with van der Waals surface area (Å²) in [7, 11) is 0. The Labute approximate surface area is 124 Å². The number of nitrogens with zero attached hydrogens (tertiary/aromatic N) is 3. The van der Waals surface area contributed by atoms with Crippen LogP contribution in [0.3, 0.4) is 0 Å². The lowest BCUT2D eigenvalue weighted by molar-refractivity contribution is 0.0904. The molecule has 0 saturated carbocycles. The van der Waals surface area contributed by atoms with Gasteiger partial charge in [-0.2, -0.15) is 0 Å². The van der Waals surface area contributed by atoms with Gasteiger partial charge < -0.3 is 14.6 Å². The Kier molecular flexibility index (Phi) is 2.96. The van der Waals surface area contributed by atoms with Gasteiger partial charge in [-0.3, -0.25) is 4.79 Å². The monoisotopic (exact) mass is 284 g/mol. The Morgan fingerprint density at radius 1 is 1.38 bits per heavy atom. The molecule has 4 heterocycles. The highest BCUT2D eigenvalue weighted by Gasteiger charge is 2.33. The Balaban J connectivity index is 1.52. The van der Waals surface area contributed by atoms with E-state index in [1.165, 1.54) is 19.5 Å². The summed E-state index contributed by atoms with van der Waals surface area (Å²) >= 11 is 0. The molecular formula is C16H20N4O. The zero-order valence-corrected chi connectivity index (χ0v) is 12.2. The summed E-state index contributed by atoms with van der Waals surface area (Å²) in [5.74, 6) is 0.698. The second kappa shape index (κ2) is 4.84. The number of rotatable bonds is 2. The molecule has 0 aliphatic carbocycles. The first kappa shape index (κ1) is 12.8. The maximum absolute atomic E-state index is 12.4. The normalized spacial score (nSPS) is 28.0. The van der Waals surface area contributed by atoms with Crippen LogP contribution in [-0.4, -0.2) is 45.9 Å². The van der Waals surface area contributed by atoms with Crippen LogP contribution in [0.2, 0.25) is 0 Å². The van der Waals surface area contributed by atoms with Gasteiger partial charge in [0.05, 0.1) is 11.7 Å². The van der Waals surface area contributed by atoms with Gasteiger partial charge in [-0.25, -0.2) is 4.98 Å². The van der Waals surface area contributed by atoms with Crippen molar-refractivity contribution in [3.63, 3.8) is 0 Å². The third-order valence-electron chi connectivity index (χ3n) is 4.78. The second-order valence-corrected chi connectivity index (χ2v) is 6.36. The molecule has 0 aromatic carbocycles. The van der Waals surface area contributed by atoms with E-state index in [9.17, 15) is 4.79 Å².